The zero-order valence-electron chi connectivity index (χ0n) is 11.9. The van der Waals surface area contributed by atoms with Crippen LogP contribution in [-0.2, 0) is 4.74 Å². The van der Waals surface area contributed by atoms with Gasteiger partial charge in [-0.1, -0.05) is 0 Å². The van der Waals surface area contributed by atoms with Crippen LogP contribution in [0.5, 0.6) is 0 Å². The summed E-state index contributed by atoms with van der Waals surface area (Å²) in [6.45, 7) is 12.4. The van der Waals surface area contributed by atoms with Crippen molar-refractivity contribution in [1.82, 2.24) is 9.80 Å². The zero-order chi connectivity index (χ0) is 13.0. The zero-order valence-corrected chi connectivity index (χ0v) is 11.9. The molecule has 0 aromatic rings. The van der Waals surface area contributed by atoms with Crippen molar-refractivity contribution >= 4 is 0 Å². The second-order valence-electron chi connectivity index (χ2n) is 6.09. The lowest BCUT2D eigenvalue weighted by Gasteiger charge is -2.37. The molecule has 2 aliphatic rings. The molecule has 2 saturated heterocycles. The van der Waals surface area contributed by atoms with Crippen LogP contribution < -0.4 is 0 Å². The molecule has 0 saturated carbocycles. The van der Waals surface area contributed by atoms with Crippen LogP contribution in [0.3, 0.4) is 0 Å². The van der Waals surface area contributed by atoms with Crippen molar-refractivity contribution in [2.75, 3.05) is 52.5 Å². The number of rotatable bonds is 5. The Morgan fingerprint density at radius 2 is 1.89 bits per heavy atom. The molecule has 2 fully saturated rings. The molecule has 2 heterocycles. The minimum Gasteiger partial charge on any atom is -0.396 e. The van der Waals surface area contributed by atoms with Gasteiger partial charge in [0.05, 0.1) is 13.2 Å². The van der Waals surface area contributed by atoms with Crippen LogP contribution in [0.25, 0.3) is 0 Å². The van der Waals surface area contributed by atoms with Crippen molar-refractivity contribution in [2.24, 2.45) is 5.92 Å². The number of likely N-dealkylation sites (tertiary alicyclic amines) is 1. The van der Waals surface area contributed by atoms with Gasteiger partial charge in [0.25, 0.3) is 0 Å². The molecule has 18 heavy (non-hydrogen) atoms. The fourth-order valence-corrected chi connectivity index (χ4v) is 3.35. The van der Waals surface area contributed by atoms with Crippen molar-refractivity contribution in [1.29, 1.82) is 0 Å². The third-order valence-corrected chi connectivity index (χ3v) is 4.83. The van der Waals surface area contributed by atoms with Gasteiger partial charge in [0.15, 0.2) is 0 Å². The molecule has 1 N–H and O–H groups in total. The van der Waals surface area contributed by atoms with Crippen molar-refractivity contribution in [3.63, 3.8) is 0 Å². The van der Waals surface area contributed by atoms with Gasteiger partial charge in [-0.3, -0.25) is 9.80 Å². The summed E-state index contributed by atoms with van der Waals surface area (Å²) in [5.74, 6) is 0.646. The minimum atomic E-state index is 0.245. The Balaban J connectivity index is 1.78. The fourth-order valence-electron chi connectivity index (χ4n) is 3.35. The van der Waals surface area contributed by atoms with Crippen LogP contribution in [0, 0.1) is 5.92 Å². The van der Waals surface area contributed by atoms with E-state index in [2.05, 4.69) is 23.6 Å². The molecule has 0 aliphatic carbocycles. The van der Waals surface area contributed by atoms with E-state index in [0.29, 0.717) is 12.5 Å². The standard InChI is InChI=1S/C14H28N2O2/c1-14(2)13(4-10-17)3-5-16(14)7-6-15-8-11-18-12-9-15/h13,17H,3-12H2,1-2H3. The van der Waals surface area contributed by atoms with E-state index in [1.54, 1.807) is 0 Å². The first-order chi connectivity index (χ1) is 8.64. The SMILES string of the molecule is CC1(C)C(CCO)CCN1CCN1CCOCC1. The van der Waals surface area contributed by atoms with Gasteiger partial charge in [0, 0.05) is 38.3 Å². The Hall–Kier alpha value is -0.160. The topological polar surface area (TPSA) is 35.9 Å². The van der Waals surface area contributed by atoms with Crippen molar-refractivity contribution in [3.05, 3.63) is 0 Å². The molecule has 2 rings (SSSR count). The van der Waals surface area contributed by atoms with E-state index in [0.717, 1.165) is 45.8 Å². The Morgan fingerprint density at radius 3 is 2.56 bits per heavy atom. The lowest BCUT2D eigenvalue weighted by Crippen LogP contribution is -2.47. The Kier molecular flexibility index (Phi) is 5.01. The second kappa shape index (κ2) is 6.33. The highest BCUT2D eigenvalue weighted by Crippen LogP contribution is 2.36. The maximum Gasteiger partial charge on any atom is 0.0594 e. The third-order valence-electron chi connectivity index (χ3n) is 4.83. The summed E-state index contributed by atoms with van der Waals surface area (Å²) in [6, 6.07) is 0. The van der Waals surface area contributed by atoms with Gasteiger partial charge in [0.1, 0.15) is 0 Å². The molecule has 0 aromatic carbocycles. The first-order valence-corrected chi connectivity index (χ1v) is 7.30. The molecule has 0 bridgehead atoms. The third kappa shape index (κ3) is 3.23. The monoisotopic (exact) mass is 256 g/mol. The first-order valence-electron chi connectivity index (χ1n) is 7.30. The molecule has 0 amide bonds. The molecule has 1 atom stereocenters. The second-order valence-corrected chi connectivity index (χ2v) is 6.09. The summed E-state index contributed by atoms with van der Waals surface area (Å²) >= 11 is 0. The molecular weight excluding hydrogens is 228 g/mol. The number of aliphatic hydroxyl groups excluding tert-OH is 1. The molecule has 106 valence electrons. The van der Waals surface area contributed by atoms with E-state index >= 15 is 0 Å². The number of hydrogen-bond donors (Lipinski definition) is 1. The van der Waals surface area contributed by atoms with E-state index < -0.39 is 0 Å². The molecule has 4 nitrogen and oxygen atoms in total. The van der Waals surface area contributed by atoms with Gasteiger partial charge in [-0.15, -0.1) is 0 Å². The van der Waals surface area contributed by atoms with E-state index in [1.165, 1.54) is 13.0 Å². The maximum atomic E-state index is 9.14. The van der Waals surface area contributed by atoms with Crippen LogP contribution in [-0.4, -0.2) is 73.0 Å². The molecule has 4 heteroatoms. The van der Waals surface area contributed by atoms with Crippen molar-refractivity contribution in [2.45, 2.75) is 32.2 Å². The van der Waals surface area contributed by atoms with E-state index in [4.69, 9.17) is 9.84 Å². The largest absolute Gasteiger partial charge is 0.396 e. The predicted octanol–water partition coefficient (Wildman–Crippen LogP) is 0.802. The van der Waals surface area contributed by atoms with E-state index in [1.807, 2.05) is 0 Å². The number of nitrogens with zero attached hydrogens (tertiary/aromatic N) is 2. The molecular formula is C14H28N2O2. The maximum absolute atomic E-state index is 9.14. The van der Waals surface area contributed by atoms with Crippen LogP contribution in [0.4, 0.5) is 0 Å². The fraction of sp³-hybridized carbons (Fsp3) is 1.00. The van der Waals surface area contributed by atoms with Crippen molar-refractivity contribution in [3.8, 4) is 0 Å². The quantitative estimate of drug-likeness (QED) is 0.789. The number of ether oxygens (including phenoxy) is 1. The van der Waals surface area contributed by atoms with Gasteiger partial charge >= 0.3 is 0 Å². The molecule has 0 spiro atoms. The van der Waals surface area contributed by atoms with Crippen molar-refractivity contribution < 1.29 is 9.84 Å². The Morgan fingerprint density at radius 1 is 1.17 bits per heavy atom. The predicted molar refractivity (Wildman–Crippen MR) is 72.7 cm³/mol. The number of morpholine rings is 1. The van der Waals surface area contributed by atoms with Crippen LogP contribution >= 0.6 is 0 Å². The first kappa shape index (κ1) is 14.3. The van der Waals surface area contributed by atoms with E-state index in [-0.39, 0.29) is 5.54 Å². The number of hydrogen-bond acceptors (Lipinski definition) is 4. The summed E-state index contributed by atoms with van der Waals surface area (Å²) in [5, 5.41) is 9.14. The lowest BCUT2D eigenvalue weighted by molar-refractivity contribution is 0.0272. The van der Waals surface area contributed by atoms with E-state index in [9.17, 15) is 0 Å². The molecule has 1 unspecified atom stereocenters. The van der Waals surface area contributed by atoms with Gasteiger partial charge < -0.3 is 9.84 Å². The summed E-state index contributed by atoms with van der Waals surface area (Å²) in [7, 11) is 0. The highest BCUT2D eigenvalue weighted by atomic mass is 16.5. The molecule has 0 aromatic heterocycles. The average molecular weight is 256 g/mol. The summed E-state index contributed by atoms with van der Waals surface area (Å²) in [4.78, 5) is 5.10. The van der Waals surface area contributed by atoms with Gasteiger partial charge in [-0.25, -0.2) is 0 Å². The van der Waals surface area contributed by atoms with Crippen LogP contribution in [0.1, 0.15) is 26.7 Å². The minimum absolute atomic E-state index is 0.245. The smallest absolute Gasteiger partial charge is 0.0594 e. The summed E-state index contributed by atoms with van der Waals surface area (Å²) in [5.41, 5.74) is 0.245. The van der Waals surface area contributed by atoms with Crippen LogP contribution in [0.15, 0.2) is 0 Å². The highest BCUT2D eigenvalue weighted by Gasteiger charge is 2.40. The average Bonchev–Trinajstić information content (AvgIpc) is 2.64. The number of aliphatic hydroxyl groups is 1. The normalized spacial score (nSPS) is 29.8. The van der Waals surface area contributed by atoms with Crippen LogP contribution in [0.2, 0.25) is 0 Å². The Bertz CT molecular complexity index is 252. The Labute approximate surface area is 111 Å². The molecule has 2 aliphatic heterocycles. The summed E-state index contributed by atoms with van der Waals surface area (Å²) < 4.78 is 5.38. The lowest BCUT2D eigenvalue weighted by atomic mass is 9.86. The van der Waals surface area contributed by atoms with Gasteiger partial charge in [-0.05, 0) is 39.2 Å². The molecule has 0 radical (unpaired) electrons. The highest BCUT2D eigenvalue weighted by molar-refractivity contribution is 4.95. The van der Waals surface area contributed by atoms with Gasteiger partial charge in [0.2, 0.25) is 0 Å². The van der Waals surface area contributed by atoms with Gasteiger partial charge in [-0.2, -0.15) is 0 Å². The summed E-state index contributed by atoms with van der Waals surface area (Å²) in [6.07, 6.45) is 2.18.